The van der Waals surface area contributed by atoms with Crippen LogP contribution in [0.1, 0.15) is 0 Å². The summed E-state index contributed by atoms with van der Waals surface area (Å²) in [5.41, 5.74) is -6.53. The number of alkyl halides is 12. The van der Waals surface area contributed by atoms with Gasteiger partial charge in [0, 0.05) is 6.08 Å². The third kappa shape index (κ3) is 3.47. The van der Waals surface area contributed by atoms with Gasteiger partial charge in [-0.05, 0) is 6.08 Å². The van der Waals surface area contributed by atoms with Crippen molar-refractivity contribution in [3.63, 3.8) is 0 Å². The predicted octanol–water partition coefficient (Wildman–Crippen LogP) is 4.57. The fraction of sp³-hybridized carbons (Fsp3) is 0.714. The Morgan fingerprint density at radius 1 is 0.474 bits per heavy atom. The number of allylic oxidation sites excluding steroid dienone is 2. The molecule has 0 nitrogen and oxygen atoms in total. The van der Waals surface area contributed by atoms with E-state index >= 15 is 0 Å². The molecule has 0 rings (SSSR count). The van der Waals surface area contributed by atoms with Gasteiger partial charge in [-0.1, -0.05) is 0 Å². The van der Waals surface area contributed by atoms with Crippen LogP contribution in [0.15, 0.2) is 12.2 Å². The van der Waals surface area contributed by atoms with E-state index in [-0.39, 0.29) is 0 Å². The van der Waals surface area contributed by atoms with Crippen molar-refractivity contribution in [2.24, 2.45) is 0 Å². The lowest BCUT2D eigenvalue weighted by atomic mass is 9.95. The molecule has 0 fully saturated rings. The molecule has 1 unspecified atom stereocenters. The van der Waals surface area contributed by atoms with E-state index in [1.807, 2.05) is 0 Å². The zero-order valence-corrected chi connectivity index (χ0v) is 8.19. The van der Waals surface area contributed by atoms with Crippen molar-refractivity contribution in [1.82, 2.24) is 0 Å². The summed E-state index contributed by atoms with van der Waals surface area (Å²) in [4.78, 5) is 0. The molecule has 1 atom stereocenters. The van der Waals surface area contributed by atoms with Gasteiger partial charge in [-0.15, -0.1) is 0 Å². The van der Waals surface area contributed by atoms with Crippen LogP contribution in [0, 0.1) is 0 Å². The second-order valence-electron chi connectivity index (χ2n) is 3.16. The fourth-order valence-electron chi connectivity index (χ4n) is 0.793. The lowest BCUT2D eigenvalue weighted by Gasteiger charge is -2.33. The Morgan fingerprint density at radius 2 is 0.842 bits per heavy atom. The molecule has 19 heavy (non-hydrogen) atoms. The van der Waals surface area contributed by atoms with Crippen LogP contribution in [0.4, 0.5) is 52.7 Å². The molecule has 0 heterocycles. The topological polar surface area (TPSA) is 0 Å². The molecular weight excluding hydrogens is 312 g/mol. The fourth-order valence-corrected chi connectivity index (χ4v) is 0.793. The van der Waals surface area contributed by atoms with Crippen LogP contribution >= 0.6 is 0 Å². The van der Waals surface area contributed by atoms with Crippen LogP contribution in [0.25, 0.3) is 0 Å². The molecular formula is C7H2F12. The summed E-state index contributed by atoms with van der Waals surface area (Å²) in [6, 6.07) is 0. The summed E-state index contributed by atoms with van der Waals surface area (Å²) < 4.78 is 143. The maximum atomic E-state index is 12.9. The number of hydrogen-bond acceptors (Lipinski definition) is 0. The third-order valence-electron chi connectivity index (χ3n) is 1.73. The normalized spacial score (nSPS) is 18.7. The van der Waals surface area contributed by atoms with Crippen molar-refractivity contribution in [2.75, 3.05) is 0 Å². The zero-order chi connectivity index (χ0) is 15.9. The molecule has 12 heteroatoms. The van der Waals surface area contributed by atoms with Crippen LogP contribution in [-0.4, -0.2) is 30.1 Å². The molecule has 0 bridgehead atoms. The van der Waals surface area contributed by atoms with Crippen molar-refractivity contribution in [1.29, 1.82) is 0 Å². The van der Waals surface area contributed by atoms with Crippen molar-refractivity contribution in [3.8, 4) is 0 Å². The van der Waals surface area contributed by atoms with Gasteiger partial charge < -0.3 is 0 Å². The first-order valence-electron chi connectivity index (χ1n) is 3.93. The maximum Gasteiger partial charge on any atom is 0.457 e. The highest BCUT2D eigenvalue weighted by Gasteiger charge is 2.80. The van der Waals surface area contributed by atoms with Gasteiger partial charge in [0.05, 0.1) is 0 Å². The van der Waals surface area contributed by atoms with Gasteiger partial charge in [-0.3, -0.25) is 0 Å². The molecule has 0 aromatic heterocycles. The molecule has 0 saturated carbocycles. The highest BCUT2D eigenvalue weighted by atomic mass is 19.4. The SMILES string of the molecule is FC(F)(F)/C=C/C(F)(C(F)(F)F)C(F)(F)C(F)(F)F. The molecule has 0 radical (unpaired) electrons. The van der Waals surface area contributed by atoms with E-state index in [9.17, 15) is 52.7 Å². The van der Waals surface area contributed by atoms with Gasteiger partial charge in [0.15, 0.2) is 0 Å². The smallest absolute Gasteiger partial charge is 0.222 e. The quantitative estimate of drug-likeness (QED) is 0.517. The Bertz CT molecular complexity index is 341. The van der Waals surface area contributed by atoms with E-state index in [4.69, 9.17) is 0 Å². The Morgan fingerprint density at radius 3 is 1.05 bits per heavy atom. The summed E-state index contributed by atoms with van der Waals surface area (Å²) in [6.07, 6.45) is -23.2. The van der Waals surface area contributed by atoms with Crippen LogP contribution < -0.4 is 0 Å². The molecule has 0 saturated heterocycles. The molecule has 0 spiro atoms. The number of rotatable bonds is 2. The van der Waals surface area contributed by atoms with E-state index in [1.165, 1.54) is 0 Å². The lowest BCUT2D eigenvalue weighted by molar-refractivity contribution is -0.369. The summed E-state index contributed by atoms with van der Waals surface area (Å²) in [5, 5.41) is 0. The van der Waals surface area contributed by atoms with Gasteiger partial charge in [0.2, 0.25) is 0 Å². The minimum absolute atomic E-state index is 1.68. The average Bonchev–Trinajstić information content (AvgIpc) is 2.08. The van der Waals surface area contributed by atoms with Gasteiger partial charge in [0.1, 0.15) is 0 Å². The van der Waals surface area contributed by atoms with Gasteiger partial charge >= 0.3 is 24.5 Å². The number of halogens is 12. The standard InChI is InChI=1S/C7H2F12/c8-3(6(14,15)16,1-2-4(9,10)11)5(12,13)7(17,18)19/h1-2H/b2-1+. The summed E-state index contributed by atoms with van der Waals surface area (Å²) >= 11 is 0. The third-order valence-corrected chi connectivity index (χ3v) is 1.73. The summed E-state index contributed by atoms with van der Waals surface area (Å²) in [7, 11) is 0. The van der Waals surface area contributed by atoms with Crippen molar-refractivity contribution in [2.45, 2.75) is 30.1 Å². The summed E-state index contributed by atoms with van der Waals surface area (Å²) in [5.74, 6) is -7.08. The first-order chi connectivity index (χ1) is 7.96. The first kappa shape index (κ1) is 17.9. The molecule has 0 aliphatic heterocycles. The highest BCUT2D eigenvalue weighted by Crippen LogP contribution is 2.53. The Labute approximate surface area is 96.2 Å². The van der Waals surface area contributed by atoms with Crippen molar-refractivity contribution >= 4 is 0 Å². The average molecular weight is 314 g/mol. The lowest BCUT2D eigenvalue weighted by Crippen LogP contribution is -2.61. The molecule has 0 N–H and O–H groups in total. The molecule has 114 valence electrons. The van der Waals surface area contributed by atoms with Gasteiger partial charge in [-0.25, -0.2) is 4.39 Å². The van der Waals surface area contributed by atoms with Gasteiger partial charge in [0.25, 0.3) is 5.67 Å². The van der Waals surface area contributed by atoms with Crippen LogP contribution in [0.3, 0.4) is 0 Å². The first-order valence-corrected chi connectivity index (χ1v) is 3.93. The van der Waals surface area contributed by atoms with E-state index in [2.05, 4.69) is 0 Å². The van der Waals surface area contributed by atoms with Crippen LogP contribution in [0.5, 0.6) is 0 Å². The zero-order valence-electron chi connectivity index (χ0n) is 8.19. The predicted molar refractivity (Wildman–Crippen MR) is 36.1 cm³/mol. The molecule has 0 aromatic carbocycles. The van der Waals surface area contributed by atoms with E-state index in [0.29, 0.717) is 0 Å². The van der Waals surface area contributed by atoms with E-state index < -0.39 is 42.3 Å². The van der Waals surface area contributed by atoms with Crippen LogP contribution in [-0.2, 0) is 0 Å². The minimum atomic E-state index is -7.08. The maximum absolute atomic E-state index is 12.9. The molecule has 0 amide bonds. The Balaban J connectivity index is 5.92. The van der Waals surface area contributed by atoms with E-state index in [0.717, 1.165) is 0 Å². The monoisotopic (exact) mass is 314 g/mol. The second kappa shape index (κ2) is 4.47. The minimum Gasteiger partial charge on any atom is -0.222 e. The summed E-state index contributed by atoms with van der Waals surface area (Å²) in [6.45, 7) is 0. The van der Waals surface area contributed by atoms with E-state index in [1.54, 1.807) is 0 Å². The van der Waals surface area contributed by atoms with Crippen molar-refractivity contribution in [3.05, 3.63) is 12.2 Å². The second-order valence-corrected chi connectivity index (χ2v) is 3.16. The Kier molecular flexibility index (Phi) is 4.22. The number of hydrogen-bond donors (Lipinski definition) is 0. The van der Waals surface area contributed by atoms with Crippen molar-refractivity contribution < 1.29 is 52.7 Å². The van der Waals surface area contributed by atoms with Gasteiger partial charge in [-0.2, -0.15) is 48.3 Å². The largest absolute Gasteiger partial charge is 0.457 e. The molecule has 0 aromatic rings. The molecule has 0 aliphatic carbocycles. The molecule has 0 aliphatic rings. The highest BCUT2D eigenvalue weighted by molar-refractivity contribution is 5.17. The Hall–Kier alpha value is -1.10. The van der Waals surface area contributed by atoms with Crippen LogP contribution in [0.2, 0.25) is 0 Å².